The molecule has 1 aliphatic rings. The maximum atomic E-state index is 12.8. The highest BCUT2D eigenvalue weighted by atomic mass is 16.5. The van der Waals surface area contributed by atoms with Crippen LogP contribution >= 0.6 is 0 Å². The fourth-order valence-corrected chi connectivity index (χ4v) is 5.02. The normalized spacial score (nSPS) is 22.0. The molecule has 32 heavy (non-hydrogen) atoms. The van der Waals surface area contributed by atoms with Gasteiger partial charge in [0.2, 0.25) is 0 Å². The molecule has 0 bridgehead atoms. The maximum absolute atomic E-state index is 12.8. The summed E-state index contributed by atoms with van der Waals surface area (Å²) in [5, 5.41) is 6.31. The number of rotatable bonds is 7. The largest absolute Gasteiger partial charge is 0.497 e. The van der Waals surface area contributed by atoms with Crippen LogP contribution < -0.4 is 20.1 Å². The van der Waals surface area contributed by atoms with Crippen LogP contribution in [0.25, 0.3) is 0 Å². The van der Waals surface area contributed by atoms with Crippen molar-refractivity contribution in [1.29, 1.82) is 0 Å². The summed E-state index contributed by atoms with van der Waals surface area (Å²) >= 11 is 0. The smallest absolute Gasteiger partial charge is 0.251 e. The molecule has 2 amide bonds. The van der Waals surface area contributed by atoms with Crippen LogP contribution in [0.1, 0.15) is 60.7 Å². The van der Waals surface area contributed by atoms with E-state index in [2.05, 4.69) is 31.4 Å². The first-order chi connectivity index (χ1) is 15.1. The summed E-state index contributed by atoms with van der Waals surface area (Å²) in [6, 6.07) is 14.3. The van der Waals surface area contributed by atoms with Gasteiger partial charge in [0.25, 0.3) is 11.8 Å². The third kappa shape index (κ3) is 6.02. The zero-order chi connectivity index (χ0) is 23.4. The van der Waals surface area contributed by atoms with Crippen molar-refractivity contribution in [2.24, 2.45) is 10.8 Å². The Morgan fingerprint density at radius 2 is 1.34 bits per heavy atom. The number of benzene rings is 2. The number of ether oxygens (including phenoxy) is 2. The molecule has 172 valence electrons. The van der Waals surface area contributed by atoms with Crippen molar-refractivity contribution in [3.63, 3.8) is 0 Å². The van der Waals surface area contributed by atoms with Gasteiger partial charge in [0.05, 0.1) is 14.2 Å². The summed E-state index contributed by atoms with van der Waals surface area (Å²) in [6.07, 6.45) is 2.68. The van der Waals surface area contributed by atoms with Gasteiger partial charge in [-0.05, 0) is 78.6 Å². The molecule has 3 rings (SSSR count). The van der Waals surface area contributed by atoms with Gasteiger partial charge in [-0.1, -0.05) is 20.8 Å². The van der Waals surface area contributed by atoms with Crippen LogP contribution in [-0.2, 0) is 0 Å². The minimum atomic E-state index is -0.123. The molecule has 1 saturated carbocycles. The first-order valence-electron chi connectivity index (χ1n) is 11.0. The van der Waals surface area contributed by atoms with Crippen molar-refractivity contribution in [1.82, 2.24) is 10.6 Å². The molecule has 0 saturated heterocycles. The van der Waals surface area contributed by atoms with Crippen molar-refractivity contribution in [2.75, 3.05) is 20.8 Å². The van der Waals surface area contributed by atoms with Gasteiger partial charge >= 0.3 is 0 Å². The second-order valence-electron chi connectivity index (χ2n) is 9.87. The van der Waals surface area contributed by atoms with E-state index in [1.165, 1.54) is 0 Å². The van der Waals surface area contributed by atoms with Crippen LogP contribution in [0.15, 0.2) is 48.5 Å². The Hall–Kier alpha value is -3.02. The molecular formula is C26H34N2O4. The molecule has 2 aromatic rings. The molecule has 2 N–H and O–H groups in total. The van der Waals surface area contributed by atoms with Gasteiger partial charge in [0, 0.05) is 23.7 Å². The Labute approximate surface area is 190 Å². The molecule has 2 atom stereocenters. The molecule has 6 nitrogen and oxygen atoms in total. The van der Waals surface area contributed by atoms with Crippen LogP contribution in [0.5, 0.6) is 11.5 Å². The lowest BCUT2D eigenvalue weighted by molar-refractivity contribution is 0.0592. The van der Waals surface area contributed by atoms with Crippen LogP contribution in [-0.4, -0.2) is 38.6 Å². The van der Waals surface area contributed by atoms with E-state index in [0.717, 1.165) is 30.8 Å². The first-order valence-corrected chi connectivity index (χ1v) is 11.0. The van der Waals surface area contributed by atoms with Gasteiger partial charge in [-0.2, -0.15) is 0 Å². The van der Waals surface area contributed by atoms with E-state index in [9.17, 15) is 9.59 Å². The van der Waals surface area contributed by atoms with Crippen molar-refractivity contribution in [3.05, 3.63) is 59.7 Å². The second-order valence-corrected chi connectivity index (χ2v) is 9.87. The van der Waals surface area contributed by atoms with E-state index in [1.807, 2.05) is 0 Å². The number of carbonyl (C=O) groups excluding carboxylic acids is 2. The van der Waals surface area contributed by atoms with Crippen molar-refractivity contribution < 1.29 is 19.1 Å². The van der Waals surface area contributed by atoms with Crippen LogP contribution in [0.2, 0.25) is 0 Å². The number of hydrogen-bond acceptors (Lipinski definition) is 4. The summed E-state index contributed by atoms with van der Waals surface area (Å²) in [6.45, 7) is 7.19. The van der Waals surface area contributed by atoms with E-state index in [0.29, 0.717) is 17.7 Å². The van der Waals surface area contributed by atoms with Crippen LogP contribution in [0.3, 0.4) is 0 Å². The highest BCUT2D eigenvalue weighted by Gasteiger charge is 2.42. The number of nitrogens with one attached hydrogen (secondary N) is 2. The van der Waals surface area contributed by atoms with Crippen LogP contribution in [0.4, 0.5) is 0 Å². The molecule has 2 aromatic carbocycles. The van der Waals surface area contributed by atoms with Crippen molar-refractivity contribution in [2.45, 2.75) is 46.1 Å². The topological polar surface area (TPSA) is 76.7 Å². The second kappa shape index (κ2) is 9.63. The van der Waals surface area contributed by atoms with Gasteiger partial charge in [-0.25, -0.2) is 0 Å². The molecule has 0 aliphatic heterocycles. The predicted molar refractivity (Wildman–Crippen MR) is 125 cm³/mol. The van der Waals surface area contributed by atoms with Gasteiger partial charge in [-0.15, -0.1) is 0 Å². The van der Waals surface area contributed by atoms with E-state index >= 15 is 0 Å². The third-order valence-corrected chi connectivity index (χ3v) is 6.16. The lowest BCUT2D eigenvalue weighted by Gasteiger charge is -2.47. The molecule has 0 unspecified atom stereocenters. The first kappa shape index (κ1) is 23.6. The molecule has 6 heteroatoms. The Kier molecular flexibility index (Phi) is 7.12. The fraction of sp³-hybridized carbons (Fsp3) is 0.462. The average Bonchev–Trinajstić information content (AvgIpc) is 2.76. The molecule has 0 aromatic heterocycles. The molecule has 0 heterocycles. The van der Waals surface area contributed by atoms with Gasteiger partial charge in [0.1, 0.15) is 11.5 Å². The minimum absolute atomic E-state index is 0.0382. The molecule has 1 fully saturated rings. The van der Waals surface area contributed by atoms with Gasteiger partial charge in [-0.3, -0.25) is 9.59 Å². The molecule has 1 aliphatic carbocycles. The lowest BCUT2D eigenvalue weighted by Crippen LogP contribution is -2.50. The standard InChI is InChI=1S/C26H34N2O4/c1-25(2)14-20(28-24(30)19-8-12-22(32-5)13-9-19)15-26(3,16-25)17-27-23(29)18-6-10-21(31-4)11-7-18/h6-13,20H,14-17H2,1-5H3,(H,27,29)(H,28,30)/t20-,26+/m0/s1. The van der Waals surface area contributed by atoms with Gasteiger partial charge < -0.3 is 20.1 Å². The number of amides is 2. The maximum Gasteiger partial charge on any atom is 0.251 e. The summed E-state index contributed by atoms with van der Waals surface area (Å²) in [7, 11) is 3.21. The lowest BCUT2D eigenvalue weighted by atomic mass is 9.62. The van der Waals surface area contributed by atoms with E-state index in [1.54, 1.807) is 62.8 Å². The zero-order valence-corrected chi connectivity index (χ0v) is 19.7. The summed E-state index contributed by atoms with van der Waals surface area (Å²) in [5.74, 6) is 1.26. The Morgan fingerprint density at radius 3 is 1.84 bits per heavy atom. The summed E-state index contributed by atoms with van der Waals surface area (Å²) in [5.41, 5.74) is 1.15. The quantitative estimate of drug-likeness (QED) is 0.670. The molecule has 0 radical (unpaired) electrons. The van der Waals surface area contributed by atoms with Gasteiger partial charge in [0.15, 0.2) is 0 Å². The van der Waals surface area contributed by atoms with E-state index in [-0.39, 0.29) is 28.7 Å². The number of hydrogen-bond donors (Lipinski definition) is 2. The highest BCUT2D eigenvalue weighted by Crippen LogP contribution is 2.45. The van der Waals surface area contributed by atoms with E-state index in [4.69, 9.17) is 9.47 Å². The summed E-state index contributed by atoms with van der Waals surface area (Å²) in [4.78, 5) is 25.5. The third-order valence-electron chi connectivity index (χ3n) is 6.16. The van der Waals surface area contributed by atoms with Crippen LogP contribution in [0, 0.1) is 10.8 Å². The summed E-state index contributed by atoms with van der Waals surface area (Å²) < 4.78 is 10.3. The number of carbonyl (C=O) groups is 2. The minimum Gasteiger partial charge on any atom is -0.497 e. The molecular weight excluding hydrogens is 404 g/mol. The number of methoxy groups -OCH3 is 2. The predicted octanol–water partition coefficient (Wildman–Crippen LogP) is 4.45. The fourth-order valence-electron chi connectivity index (χ4n) is 5.02. The van der Waals surface area contributed by atoms with E-state index < -0.39 is 0 Å². The van der Waals surface area contributed by atoms with Crippen molar-refractivity contribution >= 4 is 11.8 Å². The monoisotopic (exact) mass is 438 g/mol. The molecule has 0 spiro atoms. The Bertz CT molecular complexity index is 937. The Morgan fingerprint density at radius 1 is 0.844 bits per heavy atom. The zero-order valence-electron chi connectivity index (χ0n) is 19.7. The Balaban J connectivity index is 1.63. The average molecular weight is 439 g/mol. The highest BCUT2D eigenvalue weighted by molar-refractivity contribution is 5.95. The SMILES string of the molecule is COc1ccc(C(=O)NC[C@]2(C)C[C@@H](NC(=O)c3ccc(OC)cc3)CC(C)(C)C2)cc1. The van der Waals surface area contributed by atoms with Crippen molar-refractivity contribution in [3.8, 4) is 11.5 Å².